The van der Waals surface area contributed by atoms with Crippen LogP contribution in [-0.4, -0.2) is 12.2 Å². The minimum Gasteiger partial charge on any atom is -0.493 e. The molecule has 0 aliphatic heterocycles. The van der Waals surface area contributed by atoms with Crippen LogP contribution in [0.5, 0.6) is 11.5 Å². The van der Waals surface area contributed by atoms with E-state index in [1.54, 1.807) is 0 Å². The Hall–Kier alpha value is -1.85. The lowest BCUT2D eigenvalue weighted by Gasteiger charge is -2.15. The molecule has 2 aromatic carbocycles. The number of benzene rings is 2. The maximum absolute atomic E-state index is 13.6. The molecule has 6 heteroatoms. The first-order chi connectivity index (χ1) is 10.0. The van der Waals surface area contributed by atoms with E-state index in [1.807, 2.05) is 0 Å². The second-order valence-electron chi connectivity index (χ2n) is 4.28. The maximum atomic E-state index is 13.6. The van der Waals surface area contributed by atoms with Gasteiger partial charge in [0.05, 0.1) is 13.7 Å². The fraction of sp³-hybridized carbons (Fsp3) is 0.200. The van der Waals surface area contributed by atoms with Crippen molar-refractivity contribution in [2.24, 2.45) is 0 Å². The third-order valence-corrected chi connectivity index (χ3v) is 3.08. The summed E-state index contributed by atoms with van der Waals surface area (Å²) in [5, 5.41) is 9.71. The summed E-state index contributed by atoms with van der Waals surface area (Å²) < 4.78 is 37.3. The minimum absolute atomic E-state index is 0.0656. The zero-order valence-corrected chi connectivity index (χ0v) is 12.0. The number of ether oxygens (including phenoxy) is 2. The Morgan fingerprint density at radius 2 is 1.90 bits per heavy atom. The quantitative estimate of drug-likeness (QED) is 0.914. The minimum atomic E-state index is -0.574. The molecule has 112 valence electrons. The third-order valence-electron chi connectivity index (χ3n) is 2.87. The lowest BCUT2D eigenvalue weighted by atomic mass is 10.2. The zero-order chi connectivity index (χ0) is 15.4. The SMILES string of the molecule is COc1cc(Cl)cc(CO)c1OCc1cc(F)ccc1F. The van der Waals surface area contributed by atoms with Crippen molar-refractivity contribution in [1.82, 2.24) is 0 Å². The summed E-state index contributed by atoms with van der Waals surface area (Å²) in [6.45, 7) is -0.521. The highest BCUT2D eigenvalue weighted by Crippen LogP contribution is 2.35. The van der Waals surface area contributed by atoms with Crippen LogP contribution in [0.3, 0.4) is 0 Å². The van der Waals surface area contributed by atoms with Crippen LogP contribution in [0.15, 0.2) is 30.3 Å². The molecular weight excluding hydrogens is 302 g/mol. The number of methoxy groups -OCH3 is 1. The van der Waals surface area contributed by atoms with E-state index in [0.29, 0.717) is 16.3 Å². The van der Waals surface area contributed by atoms with Crippen LogP contribution in [-0.2, 0) is 13.2 Å². The van der Waals surface area contributed by atoms with Gasteiger partial charge in [-0.2, -0.15) is 0 Å². The number of aliphatic hydroxyl groups excluding tert-OH is 1. The standard InChI is InChI=1S/C15H13ClF2O3/c1-20-14-6-11(16)4-9(7-19)15(14)21-8-10-5-12(17)2-3-13(10)18/h2-6,19H,7-8H2,1H3. The molecule has 0 amide bonds. The first-order valence-corrected chi connectivity index (χ1v) is 6.47. The Bertz CT molecular complexity index is 622. The normalized spacial score (nSPS) is 10.5. The summed E-state index contributed by atoms with van der Waals surface area (Å²) in [7, 11) is 1.42. The molecule has 0 saturated heterocycles. The molecule has 3 nitrogen and oxygen atoms in total. The van der Waals surface area contributed by atoms with Gasteiger partial charge in [-0.15, -0.1) is 0 Å². The monoisotopic (exact) mass is 314 g/mol. The lowest BCUT2D eigenvalue weighted by Crippen LogP contribution is -2.03. The molecule has 0 aliphatic rings. The molecule has 0 bridgehead atoms. The largest absolute Gasteiger partial charge is 0.493 e. The van der Waals surface area contributed by atoms with Gasteiger partial charge in [0.2, 0.25) is 0 Å². The van der Waals surface area contributed by atoms with E-state index < -0.39 is 11.6 Å². The van der Waals surface area contributed by atoms with Gasteiger partial charge in [-0.1, -0.05) is 11.6 Å². The highest BCUT2D eigenvalue weighted by atomic mass is 35.5. The number of hydrogen-bond acceptors (Lipinski definition) is 3. The lowest BCUT2D eigenvalue weighted by molar-refractivity contribution is 0.247. The van der Waals surface area contributed by atoms with E-state index in [9.17, 15) is 13.9 Å². The fourth-order valence-electron chi connectivity index (χ4n) is 1.86. The Balaban J connectivity index is 2.29. The number of halogens is 3. The molecule has 0 atom stereocenters. The van der Waals surface area contributed by atoms with Crippen LogP contribution in [0.1, 0.15) is 11.1 Å². The van der Waals surface area contributed by atoms with E-state index in [4.69, 9.17) is 21.1 Å². The zero-order valence-electron chi connectivity index (χ0n) is 11.2. The molecule has 0 fully saturated rings. The Kier molecular flexibility index (Phi) is 4.98. The van der Waals surface area contributed by atoms with Crippen LogP contribution >= 0.6 is 11.6 Å². The first-order valence-electron chi connectivity index (χ1n) is 6.09. The molecule has 0 spiro atoms. The maximum Gasteiger partial charge on any atom is 0.167 e. The van der Waals surface area contributed by atoms with Crippen molar-refractivity contribution < 1.29 is 23.4 Å². The molecule has 2 rings (SSSR count). The van der Waals surface area contributed by atoms with Crippen LogP contribution < -0.4 is 9.47 Å². The van der Waals surface area contributed by atoms with Gasteiger partial charge < -0.3 is 14.6 Å². The van der Waals surface area contributed by atoms with Crippen LogP contribution in [0.4, 0.5) is 8.78 Å². The number of rotatable bonds is 5. The average molecular weight is 315 g/mol. The average Bonchev–Trinajstić information content (AvgIpc) is 2.48. The molecule has 0 radical (unpaired) electrons. The Morgan fingerprint density at radius 3 is 2.57 bits per heavy atom. The van der Waals surface area contributed by atoms with Gasteiger partial charge in [0.25, 0.3) is 0 Å². The van der Waals surface area contributed by atoms with Crippen LogP contribution in [0, 0.1) is 11.6 Å². The molecule has 0 unspecified atom stereocenters. The fourth-order valence-corrected chi connectivity index (χ4v) is 2.09. The van der Waals surface area contributed by atoms with Crippen molar-refractivity contribution in [2.75, 3.05) is 7.11 Å². The highest BCUT2D eigenvalue weighted by Gasteiger charge is 2.14. The van der Waals surface area contributed by atoms with E-state index in [2.05, 4.69) is 0 Å². The molecule has 0 aliphatic carbocycles. The summed E-state index contributed by atoms with van der Waals surface area (Å²) >= 11 is 5.89. The predicted octanol–water partition coefficient (Wildman–Crippen LogP) is 3.70. The molecular formula is C15H13ClF2O3. The summed E-state index contributed by atoms with van der Waals surface area (Å²) in [6.07, 6.45) is 0. The van der Waals surface area contributed by atoms with Gasteiger partial charge in [0, 0.05) is 22.2 Å². The second kappa shape index (κ2) is 6.74. The van der Waals surface area contributed by atoms with Crippen LogP contribution in [0.25, 0.3) is 0 Å². The molecule has 21 heavy (non-hydrogen) atoms. The Morgan fingerprint density at radius 1 is 1.14 bits per heavy atom. The van der Waals surface area contributed by atoms with Gasteiger partial charge in [-0.3, -0.25) is 0 Å². The smallest absolute Gasteiger partial charge is 0.167 e. The van der Waals surface area contributed by atoms with Gasteiger partial charge in [0.15, 0.2) is 11.5 Å². The van der Waals surface area contributed by atoms with E-state index in [-0.39, 0.29) is 24.5 Å². The van der Waals surface area contributed by atoms with Gasteiger partial charge >= 0.3 is 0 Å². The summed E-state index contributed by atoms with van der Waals surface area (Å²) in [6, 6.07) is 6.14. The predicted molar refractivity (Wildman–Crippen MR) is 74.6 cm³/mol. The number of hydrogen-bond donors (Lipinski definition) is 1. The van der Waals surface area contributed by atoms with Gasteiger partial charge in [-0.05, 0) is 24.3 Å². The highest BCUT2D eigenvalue weighted by molar-refractivity contribution is 6.30. The van der Waals surface area contributed by atoms with Crippen molar-refractivity contribution >= 4 is 11.6 Å². The van der Waals surface area contributed by atoms with Crippen molar-refractivity contribution in [1.29, 1.82) is 0 Å². The molecule has 2 aromatic rings. The first kappa shape index (κ1) is 15.5. The van der Waals surface area contributed by atoms with Crippen molar-refractivity contribution in [2.45, 2.75) is 13.2 Å². The molecule has 0 heterocycles. The van der Waals surface area contributed by atoms with Crippen molar-refractivity contribution in [3.05, 3.63) is 58.1 Å². The van der Waals surface area contributed by atoms with Crippen molar-refractivity contribution in [3.8, 4) is 11.5 Å². The third kappa shape index (κ3) is 3.62. The van der Waals surface area contributed by atoms with E-state index >= 15 is 0 Å². The van der Waals surface area contributed by atoms with Gasteiger partial charge in [0.1, 0.15) is 18.2 Å². The van der Waals surface area contributed by atoms with Crippen molar-refractivity contribution in [3.63, 3.8) is 0 Å². The summed E-state index contributed by atoms with van der Waals surface area (Å²) in [4.78, 5) is 0. The second-order valence-corrected chi connectivity index (χ2v) is 4.72. The number of aliphatic hydroxyl groups is 1. The molecule has 0 saturated carbocycles. The van der Waals surface area contributed by atoms with Gasteiger partial charge in [-0.25, -0.2) is 8.78 Å². The summed E-state index contributed by atoms with van der Waals surface area (Å²) in [5.41, 5.74) is 0.465. The molecule has 1 N–H and O–H groups in total. The van der Waals surface area contributed by atoms with E-state index in [1.165, 1.54) is 19.2 Å². The Labute approximate surface area is 125 Å². The summed E-state index contributed by atoms with van der Waals surface area (Å²) in [5.74, 6) is -0.577. The van der Waals surface area contributed by atoms with Crippen LogP contribution in [0.2, 0.25) is 5.02 Å². The topological polar surface area (TPSA) is 38.7 Å². The van der Waals surface area contributed by atoms with E-state index in [0.717, 1.165) is 18.2 Å². The molecule has 0 aromatic heterocycles.